The van der Waals surface area contributed by atoms with Crippen LogP contribution in [0, 0.1) is 11.8 Å². The average Bonchev–Trinajstić information content (AvgIpc) is 3.34. The van der Waals surface area contributed by atoms with Gasteiger partial charge in [-0.15, -0.1) is 0 Å². The van der Waals surface area contributed by atoms with Crippen molar-refractivity contribution in [2.75, 3.05) is 0 Å². The fourth-order valence-electron chi connectivity index (χ4n) is 4.59. The number of aliphatic hydroxyl groups excluding tert-OH is 1. The van der Waals surface area contributed by atoms with Crippen LogP contribution in [0.5, 0.6) is 11.5 Å². The number of carbonyl (C=O) groups is 2. The summed E-state index contributed by atoms with van der Waals surface area (Å²) >= 11 is 0. The number of phenolic OH excluding ortho intramolecular Hbond substituents is 2. The van der Waals surface area contributed by atoms with Gasteiger partial charge in [0.25, 0.3) is 0 Å². The van der Waals surface area contributed by atoms with Crippen LogP contribution in [0.1, 0.15) is 79.7 Å². The Morgan fingerprint density at radius 3 is 2.50 bits per heavy atom. The highest BCUT2D eigenvalue weighted by atomic mass is 16.7. The Labute approximate surface area is 177 Å². The lowest BCUT2D eigenvalue weighted by molar-refractivity contribution is -0.208. The molecule has 2 saturated heterocycles. The van der Waals surface area contributed by atoms with Crippen LogP contribution < -0.4 is 0 Å². The molecule has 2 fully saturated rings. The fourth-order valence-corrected chi connectivity index (χ4v) is 4.59. The first-order valence-corrected chi connectivity index (χ1v) is 10.7. The zero-order chi connectivity index (χ0) is 22.2. The van der Waals surface area contributed by atoms with E-state index in [1.54, 1.807) is 0 Å². The van der Waals surface area contributed by atoms with Crippen LogP contribution in [0.4, 0.5) is 0 Å². The van der Waals surface area contributed by atoms with Crippen molar-refractivity contribution in [1.29, 1.82) is 0 Å². The first kappa shape index (κ1) is 22.7. The molecule has 2 aliphatic rings. The highest BCUT2D eigenvalue weighted by Gasteiger charge is 2.62. The van der Waals surface area contributed by atoms with Crippen LogP contribution in [-0.2, 0) is 15.9 Å². The number of phenols is 2. The third-order valence-corrected chi connectivity index (χ3v) is 6.35. The number of epoxide rings is 1. The van der Waals surface area contributed by atoms with E-state index >= 15 is 0 Å². The summed E-state index contributed by atoms with van der Waals surface area (Å²) in [4.78, 5) is 25.0. The number of Topliss-reactive ketones (excluding diaryl/α,β-unsaturated/α-hetero) is 1. The largest absolute Gasteiger partial charge is 0.507 e. The van der Waals surface area contributed by atoms with Crippen molar-refractivity contribution in [2.45, 2.75) is 83.9 Å². The van der Waals surface area contributed by atoms with Crippen LogP contribution in [0.2, 0.25) is 0 Å². The summed E-state index contributed by atoms with van der Waals surface area (Å²) in [6.45, 7) is 7.75. The number of aldehydes is 1. The molecule has 0 saturated carbocycles. The van der Waals surface area contributed by atoms with Crippen molar-refractivity contribution < 1.29 is 34.4 Å². The third-order valence-electron chi connectivity index (χ3n) is 6.35. The summed E-state index contributed by atoms with van der Waals surface area (Å²) in [6, 6.07) is 1.48. The predicted octanol–water partition coefficient (Wildman–Crippen LogP) is 3.36. The van der Waals surface area contributed by atoms with E-state index in [0.717, 1.165) is 0 Å². The maximum atomic E-state index is 13.5. The number of ether oxygens (including phenoxy) is 2. The molecule has 166 valence electrons. The SMILES string of the molecule is CCCC(C(=O)c1cc(CC(C)C)c(O)c(C=O)c1O)C1CCC2(OC2C)C(O)O1. The molecular weight excluding hydrogens is 388 g/mol. The Balaban J connectivity index is 1.93. The first-order valence-electron chi connectivity index (χ1n) is 10.7. The van der Waals surface area contributed by atoms with Gasteiger partial charge in [0.15, 0.2) is 18.4 Å². The Hall–Kier alpha value is -1.96. The summed E-state index contributed by atoms with van der Waals surface area (Å²) in [6.07, 6.45) is 1.49. The predicted molar refractivity (Wildman–Crippen MR) is 110 cm³/mol. The molecule has 3 rings (SSSR count). The molecule has 7 nitrogen and oxygen atoms in total. The molecule has 0 bridgehead atoms. The number of hydrogen-bond donors (Lipinski definition) is 3. The zero-order valence-corrected chi connectivity index (χ0v) is 18.1. The minimum Gasteiger partial charge on any atom is -0.507 e. The summed E-state index contributed by atoms with van der Waals surface area (Å²) in [5.41, 5.74) is -0.479. The maximum absolute atomic E-state index is 13.5. The molecule has 5 unspecified atom stereocenters. The van der Waals surface area contributed by atoms with Gasteiger partial charge in [0, 0.05) is 5.92 Å². The quantitative estimate of drug-likeness (QED) is 0.335. The van der Waals surface area contributed by atoms with Gasteiger partial charge in [0.05, 0.1) is 23.3 Å². The molecule has 30 heavy (non-hydrogen) atoms. The number of hydrogen-bond acceptors (Lipinski definition) is 7. The van der Waals surface area contributed by atoms with Crippen molar-refractivity contribution in [3.05, 3.63) is 22.8 Å². The van der Waals surface area contributed by atoms with E-state index in [-0.39, 0.29) is 34.7 Å². The van der Waals surface area contributed by atoms with Gasteiger partial charge in [-0.25, -0.2) is 0 Å². The van der Waals surface area contributed by atoms with Crippen molar-refractivity contribution in [2.24, 2.45) is 11.8 Å². The highest BCUT2D eigenvalue weighted by molar-refractivity contribution is 6.04. The molecule has 3 N–H and O–H groups in total. The highest BCUT2D eigenvalue weighted by Crippen LogP contribution is 2.49. The lowest BCUT2D eigenvalue weighted by Crippen LogP contribution is -2.46. The van der Waals surface area contributed by atoms with Gasteiger partial charge in [0.2, 0.25) is 0 Å². The summed E-state index contributed by atoms with van der Waals surface area (Å²) in [5.74, 6) is -1.54. The lowest BCUT2D eigenvalue weighted by Gasteiger charge is -2.36. The van der Waals surface area contributed by atoms with E-state index in [0.29, 0.717) is 44.0 Å². The number of aliphatic hydroxyl groups is 1. The van der Waals surface area contributed by atoms with Crippen LogP contribution in [0.15, 0.2) is 6.07 Å². The van der Waals surface area contributed by atoms with Gasteiger partial charge < -0.3 is 24.8 Å². The van der Waals surface area contributed by atoms with Gasteiger partial charge in [0.1, 0.15) is 17.1 Å². The smallest absolute Gasteiger partial charge is 0.186 e. The number of carbonyl (C=O) groups excluding carboxylic acids is 2. The Bertz CT molecular complexity index is 818. The molecule has 2 aliphatic heterocycles. The normalized spacial score (nSPS) is 29.2. The standard InChI is InChI=1S/C23H32O7/c1-5-6-15(18-7-8-23(13(4)30-23)22(28)29-18)20(26)16-10-14(9-12(2)3)19(25)17(11-24)21(16)27/h10-13,15,18,22,25,27-28H,5-9H2,1-4H3. The van der Waals surface area contributed by atoms with E-state index in [2.05, 4.69) is 0 Å². The topological polar surface area (TPSA) is 117 Å². The monoisotopic (exact) mass is 420 g/mol. The molecule has 2 heterocycles. The number of aromatic hydroxyl groups is 2. The minimum absolute atomic E-state index is 0.0124. The van der Waals surface area contributed by atoms with E-state index in [1.807, 2.05) is 27.7 Å². The van der Waals surface area contributed by atoms with Gasteiger partial charge in [-0.1, -0.05) is 27.2 Å². The molecule has 5 atom stereocenters. The van der Waals surface area contributed by atoms with Crippen molar-refractivity contribution in [1.82, 2.24) is 0 Å². The Morgan fingerprint density at radius 1 is 1.33 bits per heavy atom. The molecule has 0 aromatic heterocycles. The summed E-state index contributed by atoms with van der Waals surface area (Å²) in [7, 11) is 0. The Kier molecular flexibility index (Phi) is 6.55. The molecule has 1 aromatic rings. The second kappa shape index (κ2) is 8.65. The summed E-state index contributed by atoms with van der Waals surface area (Å²) in [5, 5.41) is 31.4. The number of rotatable bonds is 8. The molecular formula is C23H32O7. The van der Waals surface area contributed by atoms with Crippen LogP contribution in [-0.4, -0.2) is 51.5 Å². The van der Waals surface area contributed by atoms with E-state index in [1.165, 1.54) is 6.07 Å². The Morgan fingerprint density at radius 2 is 2.00 bits per heavy atom. The van der Waals surface area contributed by atoms with Gasteiger partial charge in [-0.3, -0.25) is 9.59 Å². The maximum Gasteiger partial charge on any atom is 0.186 e. The van der Waals surface area contributed by atoms with Crippen LogP contribution in [0.3, 0.4) is 0 Å². The zero-order valence-electron chi connectivity index (χ0n) is 18.1. The van der Waals surface area contributed by atoms with Crippen molar-refractivity contribution in [3.8, 4) is 11.5 Å². The van der Waals surface area contributed by atoms with Crippen molar-refractivity contribution >= 4 is 12.1 Å². The second-order valence-electron chi connectivity index (χ2n) is 8.95. The molecule has 7 heteroatoms. The average molecular weight is 421 g/mol. The number of ketones is 1. The molecule has 0 amide bonds. The van der Waals surface area contributed by atoms with Gasteiger partial charge in [-0.05, 0) is 50.2 Å². The third kappa shape index (κ3) is 3.98. The van der Waals surface area contributed by atoms with E-state index < -0.39 is 29.7 Å². The molecule has 0 aliphatic carbocycles. The summed E-state index contributed by atoms with van der Waals surface area (Å²) < 4.78 is 11.4. The first-order chi connectivity index (χ1) is 14.2. The molecule has 1 aromatic carbocycles. The van der Waals surface area contributed by atoms with Gasteiger partial charge in [-0.2, -0.15) is 0 Å². The minimum atomic E-state index is -1.10. The molecule has 0 radical (unpaired) electrons. The fraction of sp³-hybridized carbons (Fsp3) is 0.652. The van der Waals surface area contributed by atoms with Crippen LogP contribution >= 0.6 is 0 Å². The molecule has 1 spiro atoms. The van der Waals surface area contributed by atoms with Crippen LogP contribution in [0.25, 0.3) is 0 Å². The lowest BCUT2D eigenvalue weighted by atomic mass is 9.81. The van der Waals surface area contributed by atoms with Gasteiger partial charge >= 0.3 is 0 Å². The van der Waals surface area contributed by atoms with E-state index in [9.17, 15) is 24.9 Å². The van der Waals surface area contributed by atoms with E-state index in [4.69, 9.17) is 9.47 Å². The second-order valence-corrected chi connectivity index (χ2v) is 8.95. The van der Waals surface area contributed by atoms with Crippen molar-refractivity contribution in [3.63, 3.8) is 0 Å². The number of benzene rings is 1.